The highest BCUT2D eigenvalue weighted by Gasteiger charge is 2.32. The summed E-state index contributed by atoms with van der Waals surface area (Å²) in [6.45, 7) is 2.07. The summed E-state index contributed by atoms with van der Waals surface area (Å²) in [4.78, 5) is 12.2. The number of carboxylic acids is 1. The summed E-state index contributed by atoms with van der Waals surface area (Å²) >= 11 is 6.08. The van der Waals surface area contributed by atoms with Gasteiger partial charge in [0.15, 0.2) is 0 Å². The van der Waals surface area contributed by atoms with Crippen molar-refractivity contribution >= 4 is 34.6 Å². The highest BCUT2D eigenvalue weighted by atomic mass is 35.5. The van der Waals surface area contributed by atoms with Crippen LogP contribution >= 0.6 is 11.6 Å². The number of methoxy groups -OCH3 is 1. The van der Waals surface area contributed by atoms with E-state index in [9.17, 15) is 23.1 Å². The van der Waals surface area contributed by atoms with Gasteiger partial charge in [0.2, 0.25) is 0 Å². The maximum atomic E-state index is 14.0. The summed E-state index contributed by atoms with van der Waals surface area (Å²) in [6.07, 6.45) is -4.18. The third-order valence-electron chi connectivity index (χ3n) is 6.31. The molecule has 1 aliphatic heterocycles. The number of nitrogens with one attached hydrogen (secondary N) is 1. The Balaban J connectivity index is 1.73. The zero-order valence-electron chi connectivity index (χ0n) is 22.2. The molecule has 0 saturated heterocycles. The average molecular weight is 592 g/mol. The number of aliphatic carboxylic acids is 1. The minimum atomic E-state index is -4.88. The molecule has 0 saturated carbocycles. The molecule has 0 atom stereocenters. The quantitative estimate of drug-likeness (QED) is 0.208. The maximum Gasteiger partial charge on any atom is 0.573 e. The van der Waals surface area contributed by atoms with Gasteiger partial charge in [-0.3, -0.25) is 4.79 Å². The van der Waals surface area contributed by atoms with E-state index in [2.05, 4.69) is 10.1 Å². The number of hydrogen-bond donors (Lipinski definition) is 2. The van der Waals surface area contributed by atoms with Crippen LogP contribution in [0.5, 0.6) is 17.2 Å². The molecule has 41 heavy (non-hydrogen) atoms. The van der Waals surface area contributed by atoms with Crippen molar-refractivity contribution in [2.24, 2.45) is 0 Å². The van der Waals surface area contributed by atoms with Crippen molar-refractivity contribution < 1.29 is 42.4 Å². The number of hydrogen-bond acceptors (Lipinski definition) is 7. The molecule has 0 unspecified atom stereocenters. The fraction of sp³-hybridized carbons (Fsp3) is 0.276. The highest BCUT2D eigenvalue weighted by molar-refractivity contribution is 6.30. The second-order valence-electron chi connectivity index (χ2n) is 9.24. The molecule has 2 N–H and O–H groups in total. The average Bonchev–Trinajstić information content (AvgIpc) is 3.33. The molecule has 0 spiro atoms. The van der Waals surface area contributed by atoms with E-state index >= 15 is 0 Å². The zero-order chi connectivity index (χ0) is 29.7. The molecule has 12 heteroatoms. The summed E-state index contributed by atoms with van der Waals surface area (Å²) in [7, 11) is 1.46. The Kier molecular flexibility index (Phi) is 9.07. The molecule has 4 rings (SSSR count). The van der Waals surface area contributed by atoms with Crippen LogP contribution in [0.2, 0.25) is 5.02 Å². The monoisotopic (exact) mass is 591 g/mol. The van der Waals surface area contributed by atoms with Crippen molar-refractivity contribution in [3.05, 3.63) is 82.2 Å². The third-order valence-corrected chi connectivity index (χ3v) is 6.57. The first-order chi connectivity index (χ1) is 19.4. The van der Waals surface area contributed by atoms with Gasteiger partial charge in [-0.05, 0) is 60.5 Å². The smallest absolute Gasteiger partial charge is 0.573 e. The van der Waals surface area contributed by atoms with Crippen molar-refractivity contribution in [2.45, 2.75) is 32.5 Å². The Labute approximate surface area is 239 Å². The number of carboxylic acid groups (broad SMARTS) is 1. The highest BCUT2D eigenvalue weighted by Crippen LogP contribution is 2.39. The number of aryl methyl sites for hydroxylation is 1. The predicted octanol–water partition coefficient (Wildman–Crippen LogP) is 5.96. The number of fused-ring (bicyclic) bond motifs is 1. The van der Waals surface area contributed by atoms with Crippen LogP contribution in [0.4, 0.5) is 24.5 Å². The summed E-state index contributed by atoms with van der Waals surface area (Å²) in [6, 6.07) is 13.9. The van der Waals surface area contributed by atoms with E-state index in [0.29, 0.717) is 51.9 Å². The van der Waals surface area contributed by atoms with E-state index in [-0.39, 0.29) is 25.3 Å². The molecule has 218 valence electrons. The Hall–Kier alpha value is -4.25. The van der Waals surface area contributed by atoms with Gasteiger partial charge in [0, 0.05) is 53.6 Å². The molecule has 0 fully saturated rings. The molecular formula is C29H27ClF3N2O6-. The maximum absolute atomic E-state index is 14.0. The molecule has 1 heterocycles. The largest absolute Gasteiger partial charge is 0.859 e. The van der Waals surface area contributed by atoms with Gasteiger partial charge in [-0.1, -0.05) is 23.7 Å². The Morgan fingerprint density at radius 2 is 1.80 bits per heavy atom. The number of alkyl halides is 3. The van der Waals surface area contributed by atoms with Crippen LogP contribution in [-0.4, -0.2) is 37.7 Å². The number of nitrogens with zero attached hydrogens (tertiary/aromatic N) is 1. The van der Waals surface area contributed by atoms with Crippen molar-refractivity contribution in [1.29, 1.82) is 0 Å². The van der Waals surface area contributed by atoms with Gasteiger partial charge in [0.05, 0.1) is 19.4 Å². The first-order valence-corrected chi connectivity index (χ1v) is 13.0. The fourth-order valence-electron chi connectivity index (χ4n) is 4.48. The van der Waals surface area contributed by atoms with E-state index in [1.165, 1.54) is 24.1 Å². The van der Waals surface area contributed by atoms with Crippen LogP contribution in [0, 0.1) is 6.92 Å². The second-order valence-corrected chi connectivity index (χ2v) is 9.68. The molecule has 1 aliphatic rings. The van der Waals surface area contributed by atoms with Crippen LogP contribution in [0.3, 0.4) is 0 Å². The van der Waals surface area contributed by atoms with Crippen molar-refractivity contribution in [1.82, 2.24) is 0 Å². The minimum Gasteiger partial charge on any atom is -0.859 e. The molecule has 0 bridgehead atoms. The van der Waals surface area contributed by atoms with Gasteiger partial charge in [-0.2, -0.15) is 0 Å². The lowest BCUT2D eigenvalue weighted by molar-refractivity contribution is -0.303. The van der Waals surface area contributed by atoms with E-state index in [4.69, 9.17) is 26.2 Å². The van der Waals surface area contributed by atoms with Gasteiger partial charge in [0.25, 0.3) is 0 Å². The summed E-state index contributed by atoms with van der Waals surface area (Å²) in [5, 5.41) is 26.5. The molecule has 3 aromatic carbocycles. The molecule has 0 amide bonds. The van der Waals surface area contributed by atoms with E-state index < -0.39 is 24.0 Å². The molecule has 0 aliphatic carbocycles. The third kappa shape index (κ3) is 7.69. The van der Waals surface area contributed by atoms with Crippen LogP contribution < -0.4 is 29.5 Å². The predicted molar refractivity (Wildman–Crippen MR) is 146 cm³/mol. The van der Waals surface area contributed by atoms with Crippen LogP contribution in [0.25, 0.3) is 5.70 Å². The lowest BCUT2D eigenvalue weighted by Crippen LogP contribution is -2.31. The number of halogens is 4. The van der Waals surface area contributed by atoms with Gasteiger partial charge in [-0.15, -0.1) is 13.2 Å². The SMILES string of the molecule is COc1cc(N/C(=C(/[O-])N2CCc3c(C)cc(OC(F)(F)F)cc32)c2ccc(Cl)cc2)cc(OCCCC(=O)O)c1. The minimum absolute atomic E-state index is 0.0510. The molecular weight excluding hydrogens is 565 g/mol. The van der Waals surface area contributed by atoms with Crippen LogP contribution in [0.1, 0.15) is 29.5 Å². The molecule has 8 nitrogen and oxygen atoms in total. The number of benzene rings is 3. The molecule has 0 radical (unpaired) electrons. The fourth-order valence-corrected chi connectivity index (χ4v) is 4.61. The van der Waals surface area contributed by atoms with Gasteiger partial charge >= 0.3 is 12.3 Å². The Bertz CT molecular complexity index is 1440. The summed E-state index contributed by atoms with van der Waals surface area (Å²) in [5.74, 6) is -1.02. The van der Waals surface area contributed by atoms with Crippen molar-refractivity contribution in [2.75, 3.05) is 30.5 Å². The number of carbonyl (C=O) groups is 1. The van der Waals surface area contributed by atoms with Crippen LogP contribution in [-0.2, 0) is 11.2 Å². The van der Waals surface area contributed by atoms with Crippen molar-refractivity contribution in [3.63, 3.8) is 0 Å². The zero-order valence-corrected chi connectivity index (χ0v) is 22.9. The van der Waals surface area contributed by atoms with Gasteiger partial charge in [-0.25, -0.2) is 0 Å². The van der Waals surface area contributed by atoms with E-state index in [1.807, 2.05) is 0 Å². The topological polar surface area (TPSA) is 103 Å². The van der Waals surface area contributed by atoms with Crippen molar-refractivity contribution in [3.8, 4) is 17.2 Å². The molecule has 3 aromatic rings. The lowest BCUT2D eigenvalue weighted by atomic mass is 10.1. The summed E-state index contributed by atoms with van der Waals surface area (Å²) in [5.41, 5.74) is 2.71. The number of rotatable bonds is 11. The first kappa shape index (κ1) is 29.7. The Morgan fingerprint density at radius 1 is 1.10 bits per heavy atom. The van der Waals surface area contributed by atoms with Gasteiger partial charge in [0.1, 0.15) is 17.2 Å². The summed E-state index contributed by atoms with van der Waals surface area (Å²) < 4.78 is 54.1. The second kappa shape index (κ2) is 12.5. The Morgan fingerprint density at radius 3 is 2.46 bits per heavy atom. The van der Waals surface area contributed by atoms with Gasteiger partial charge < -0.3 is 34.6 Å². The molecule has 0 aromatic heterocycles. The van der Waals surface area contributed by atoms with Crippen LogP contribution in [0.15, 0.2) is 60.5 Å². The first-order valence-electron chi connectivity index (χ1n) is 12.6. The standard InChI is InChI=1S/C29H28ClF3N2O6/c1-17-12-23(41-29(31,32)33)16-25-24(17)9-10-35(25)28(38)27(18-5-7-19(30)8-6-18)34-20-13-21(39-2)15-22(14-20)40-11-3-4-26(36)37/h5-8,12-16,34,38H,3-4,9-11H2,1-2H3,(H,36,37)/p-1/b28-27+. The number of ether oxygens (including phenoxy) is 3. The normalized spacial score (nSPS) is 13.4. The van der Waals surface area contributed by atoms with E-state index in [0.717, 1.165) is 5.56 Å². The lowest BCUT2D eigenvalue weighted by Gasteiger charge is -2.32. The number of anilines is 2. The van der Waals surface area contributed by atoms with E-state index in [1.54, 1.807) is 49.4 Å².